The molecule has 0 amide bonds. The van der Waals surface area contributed by atoms with E-state index in [4.69, 9.17) is 4.74 Å². The topological polar surface area (TPSA) is 21.3 Å². The lowest BCUT2D eigenvalue weighted by atomic mass is 10.3. The summed E-state index contributed by atoms with van der Waals surface area (Å²) in [5.74, 6) is 2.43. The van der Waals surface area contributed by atoms with Gasteiger partial charge >= 0.3 is 0 Å². The quantitative estimate of drug-likeness (QED) is 0.583. The van der Waals surface area contributed by atoms with Gasteiger partial charge in [-0.3, -0.25) is 0 Å². The second-order valence-corrected chi connectivity index (χ2v) is 4.33. The molecule has 3 heteroatoms. The standard InChI is InChI=1S/C10H23NOS/c1-4-6-11-10(8-12-3)9-13-7-5-2/h10-11H,4-9H2,1-3H3. The molecule has 0 aromatic heterocycles. The summed E-state index contributed by atoms with van der Waals surface area (Å²) in [6.07, 6.45) is 2.46. The van der Waals surface area contributed by atoms with Gasteiger partial charge in [0.25, 0.3) is 0 Å². The van der Waals surface area contributed by atoms with Gasteiger partial charge in [0.2, 0.25) is 0 Å². The first-order valence-electron chi connectivity index (χ1n) is 5.15. The lowest BCUT2D eigenvalue weighted by molar-refractivity contribution is 0.174. The number of thioether (sulfide) groups is 1. The Hall–Kier alpha value is 0.270. The van der Waals surface area contributed by atoms with Gasteiger partial charge in [0.15, 0.2) is 0 Å². The van der Waals surface area contributed by atoms with Crippen LogP contribution in [0.5, 0.6) is 0 Å². The second kappa shape index (κ2) is 10.4. The summed E-state index contributed by atoms with van der Waals surface area (Å²) in [4.78, 5) is 0. The van der Waals surface area contributed by atoms with Crippen LogP contribution in [0.4, 0.5) is 0 Å². The van der Waals surface area contributed by atoms with E-state index >= 15 is 0 Å². The van der Waals surface area contributed by atoms with Crippen molar-refractivity contribution >= 4 is 11.8 Å². The molecule has 0 aromatic carbocycles. The molecule has 13 heavy (non-hydrogen) atoms. The molecule has 0 spiro atoms. The van der Waals surface area contributed by atoms with Crippen molar-refractivity contribution < 1.29 is 4.74 Å². The molecule has 0 aromatic rings. The summed E-state index contributed by atoms with van der Waals surface area (Å²) in [5.41, 5.74) is 0. The summed E-state index contributed by atoms with van der Waals surface area (Å²) in [5, 5.41) is 3.48. The van der Waals surface area contributed by atoms with Crippen molar-refractivity contribution in [1.82, 2.24) is 5.32 Å². The van der Waals surface area contributed by atoms with Crippen LogP contribution < -0.4 is 5.32 Å². The Morgan fingerprint density at radius 1 is 1.31 bits per heavy atom. The molecule has 0 saturated carbocycles. The molecule has 0 rings (SSSR count). The van der Waals surface area contributed by atoms with Crippen LogP contribution in [0, 0.1) is 0 Å². The SMILES string of the molecule is CCCNC(COC)CSCCC. The van der Waals surface area contributed by atoms with Gasteiger partial charge in [-0.2, -0.15) is 11.8 Å². The van der Waals surface area contributed by atoms with E-state index in [2.05, 4.69) is 19.2 Å². The van der Waals surface area contributed by atoms with E-state index in [0.29, 0.717) is 6.04 Å². The Bertz CT molecular complexity index is 101. The number of rotatable bonds is 9. The molecular weight excluding hydrogens is 182 g/mol. The molecular formula is C10H23NOS. The van der Waals surface area contributed by atoms with Gasteiger partial charge in [-0.05, 0) is 25.1 Å². The summed E-state index contributed by atoms with van der Waals surface area (Å²) >= 11 is 2.01. The van der Waals surface area contributed by atoms with Gasteiger partial charge in [-0.15, -0.1) is 0 Å². The maximum atomic E-state index is 5.16. The minimum atomic E-state index is 0.529. The van der Waals surface area contributed by atoms with Crippen LogP contribution in [-0.2, 0) is 4.74 Å². The Labute approximate surface area is 86.8 Å². The Kier molecular flexibility index (Phi) is 10.6. The van der Waals surface area contributed by atoms with Crippen molar-refractivity contribution in [2.45, 2.75) is 32.7 Å². The molecule has 0 aliphatic rings. The first-order chi connectivity index (χ1) is 6.35. The molecule has 80 valence electrons. The van der Waals surface area contributed by atoms with Crippen LogP contribution in [0.3, 0.4) is 0 Å². The Morgan fingerprint density at radius 2 is 2.08 bits per heavy atom. The number of methoxy groups -OCH3 is 1. The number of ether oxygens (including phenoxy) is 1. The van der Waals surface area contributed by atoms with Gasteiger partial charge in [0, 0.05) is 18.9 Å². The molecule has 1 atom stereocenters. The molecule has 2 nitrogen and oxygen atoms in total. The zero-order valence-corrected chi connectivity index (χ0v) is 9.95. The molecule has 1 N–H and O–H groups in total. The zero-order chi connectivity index (χ0) is 9.94. The van der Waals surface area contributed by atoms with Crippen molar-refractivity contribution in [1.29, 1.82) is 0 Å². The fraction of sp³-hybridized carbons (Fsp3) is 1.00. The van der Waals surface area contributed by atoms with Crippen LogP contribution in [0.1, 0.15) is 26.7 Å². The highest BCUT2D eigenvalue weighted by Crippen LogP contribution is 2.04. The zero-order valence-electron chi connectivity index (χ0n) is 9.14. The van der Waals surface area contributed by atoms with Crippen molar-refractivity contribution in [3.05, 3.63) is 0 Å². The molecule has 0 aliphatic heterocycles. The van der Waals surface area contributed by atoms with Crippen molar-refractivity contribution in [3.8, 4) is 0 Å². The van der Waals surface area contributed by atoms with Gasteiger partial charge < -0.3 is 10.1 Å². The van der Waals surface area contributed by atoms with E-state index in [-0.39, 0.29) is 0 Å². The summed E-state index contributed by atoms with van der Waals surface area (Å²) in [6, 6.07) is 0.529. The fourth-order valence-corrected chi connectivity index (χ4v) is 2.04. The maximum Gasteiger partial charge on any atom is 0.0623 e. The summed E-state index contributed by atoms with van der Waals surface area (Å²) in [7, 11) is 1.77. The number of nitrogens with one attached hydrogen (secondary N) is 1. The molecule has 0 fully saturated rings. The lowest BCUT2D eigenvalue weighted by Gasteiger charge is -2.16. The minimum absolute atomic E-state index is 0.529. The van der Waals surface area contributed by atoms with Crippen LogP contribution >= 0.6 is 11.8 Å². The van der Waals surface area contributed by atoms with E-state index in [1.54, 1.807) is 7.11 Å². The lowest BCUT2D eigenvalue weighted by Crippen LogP contribution is -2.36. The van der Waals surface area contributed by atoms with Gasteiger partial charge in [-0.1, -0.05) is 13.8 Å². The normalized spacial score (nSPS) is 13.2. The van der Waals surface area contributed by atoms with Crippen molar-refractivity contribution in [3.63, 3.8) is 0 Å². The maximum absolute atomic E-state index is 5.16. The molecule has 0 radical (unpaired) electrons. The Balaban J connectivity index is 3.41. The first kappa shape index (κ1) is 13.3. The number of hydrogen-bond donors (Lipinski definition) is 1. The van der Waals surface area contributed by atoms with E-state index in [1.165, 1.54) is 24.3 Å². The van der Waals surface area contributed by atoms with Crippen LogP contribution in [0.2, 0.25) is 0 Å². The third-order valence-electron chi connectivity index (χ3n) is 1.72. The first-order valence-corrected chi connectivity index (χ1v) is 6.30. The highest BCUT2D eigenvalue weighted by Gasteiger charge is 2.05. The van der Waals surface area contributed by atoms with Crippen LogP contribution in [0.15, 0.2) is 0 Å². The largest absolute Gasteiger partial charge is 0.383 e. The third-order valence-corrected chi connectivity index (χ3v) is 3.05. The third kappa shape index (κ3) is 8.60. The Morgan fingerprint density at radius 3 is 2.62 bits per heavy atom. The fourth-order valence-electron chi connectivity index (χ4n) is 1.09. The van der Waals surface area contributed by atoms with Crippen LogP contribution in [-0.4, -0.2) is 37.8 Å². The van der Waals surface area contributed by atoms with Crippen molar-refractivity contribution in [2.75, 3.05) is 31.8 Å². The van der Waals surface area contributed by atoms with Crippen LogP contribution in [0.25, 0.3) is 0 Å². The molecule has 0 bridgehead atoms. The van der Waals surface area contributed by atoms with Gasteiger partial charge in [0.05, 0.1) is 6.61 Å². The summed E-state index contributed by atoms with van der Waals surface area (Å²) in [6.45, 7) is 6.34. The van der Waals surface area contributed by atoms with Crippen molar-refractivity contribution in [2.24, 2.45) is 0 Å². The summed E-state index contributed by atoms with van der Waals surface area (Å²) < 4.78 is 5.16. The van der Waals surface area contributed by atoms with E-state index in [0.717, 1.165) is 13.2 Å². The predicted octanol–water partition coefficient (Wildman–Crippen LogP) is 2.14. The smallest absolute Gasteiger partial charge is 0.0623 e. The molecule has 1 unspecified atom stereocenters. The second-order valence-electron chi connectivity index (χ2n) is 3.18. The monoisotopic (exact) mass is 205 g/mol. The molecule has 0 saturated heterocycles. The van der Waals surface area contributed by atoms with E-state index in [1.807, 2.05) is 11.8 Å². The molecule has 0 aliphatic carbocycles. The average molecular weight is 205 g/mol. The molecule has 0 heterocycles. The van der Waals surface area contributed by atoms with Gasteiger partial charge in [0.1, 0.15) is 0 Å². The van der Waals surface area contributed by atoms with Gasteiger partial charge in [-0.25, -0.2) is 0 Å². The highest BCUT2D eigenvalue weighted by molar-refractivity contribution is 7.99. The predicted molar refractivity (Wildman–Crippen MR) is 61.6 cm³/mol. The number of hydrogen-bond acceptors (Lipinski definition) is 3. The highest BCUT2D eigenvalue weighted by atomic mass is 32.2. The van der Waals surface area contributed by atoms with E-state index < -0.39 is 0 Å². The minimum Gasteiger partial charge on any atom is -0.383 e. The van der Waals surface area contributed by atoms with E-state index in [9.17, 15) is 0 Å². The average Bonchev–Trinajstić information content (AvgIpc) is 2.14.